The highest BCUT2D eigenvalue weighted by molar-refractivity contribution is 7.91. The first-order chi connectivity index (χ1) is 11.6. The Hall–Kier alpha value is -1.83. The molecule has 0 amide bonds. The molecule has 0 bridgehead atoms. The summed E-state index contributed by atoms with van der Waals surface area (Å²) < 4.78 is 49.1. The van der Waals surface area contributed by atoms with Gasteiger partial charge in [-0.05, 0) is 45.4 Å². The minimum absolute atomic E-state index is 0.0816. The van der Waals surface area contributed by atoms with Crippen molar-refractivity contribution in [3.8, 4) is 5.75 Å². The van der Waals surface area contributed by atoms with Crippen LogP contribution in [0.3, 0.4) is 0 Å². The maximum Gasteiger partial charge on any atom is 0.147 e. The standard InChI is InChI=1S/C16H20F2N4O2S/c1-10(21-25(23)15(2,3)4)13-6-12(18)5-11-7-16(8-17,9-20-22-19)24-14(11)13/h5-6H,7-9H2,1-4H3/t16-,25?/m0/s1. The Bertz CT molecular complexity index is 744. The Morgan fingerprint density at radius 3 is 2.72 bits per heavy atom. The first-order valence-electron chi connectivity index (χ1n) is 7.68. The number of benzene rings is 1. The molecule has 1 aromatic carbocycles. The van der Waals surface area contributed by atoms with Gasteiger partial charge in [-0.1, -0.05) is 9.51 Å². The van der Waals surface area contributed by atoms with Crippen molar-refractivity contribution < 1.29 is 18.1 Å². The smallest absolute Gasteiger partial charge is 0.147 e. The number of alkyl halides is 1. The predicted molar refractivity (Wildman–Crippen MR) is 93.6 cm³/mol. The Balaban J connectivity index is 2.45. The van der Waals surface area contributed by atoms with Gasteiger partial charge in [-0.15, -0.1) is 0 Å². The fourth-order valence-electron chi connectivity index (χ4n) is 2.45. The minimum Gasteiger partial charge on any atom is -0.591 e. The van der Waals surface area contributed by atoms with Crippen molar-refractivity contribution in [1.29, 1.82) is 0 Å². The van der Waals surface area contributed by atoms with Crippen LogP contribution >= 0.6 is 0 Å². The van der Waals surface area contributed by atoms with Crippen LogP contribution in [0.2, 0.25) is 0 Å². The van der Waals surface area contributed by atoms with Crippen LogP contribution in [0.15, 0.2) is 21.6 Å². The third-order valence-corrected chi connectivity index (χ3v) is 5.25. The average Bonchev–Trinajstić information content (AvgIpc) is 2.90. The van der Waals surface area contributed by atoms with Gasteiger partial charge in [0.1, 0.15) is 40.0 Å². The predicted octanol–water partition coefficient (Wildman–Crippen LogP) is 4.05. The summed E-state index contributed by atoms with van der Waals surface area (Å²) in [6, 6.07) is 2.49. The van der Waals surface area contributed by atoms with Crippen molar-refractivity contribution in [3.05, 3.63) is 39.5 Å². The summed E-state index contributed by atoms with van der Waals surface area (Å²) in [5.41, 5.74) is 8.26. The second-order valence-corrected chi connectivity index (χ2v) is 8.87. The quantitative estimate of drug-likeness (QED) is 0.257. The number of hydrogen-bond donors (Lipinski definition) is 0. The number of hydrogen-bond acceptors (Lipinski definition) is 4. The van der Waals surface area contributed by atoms with E-state index in [1.54, 1.807) is 27.7 Å². The Morgan fingerprint density at radius 1 is 1.48 bits per heavy atom. The molecule has 2 atom stereocenters. The number of ether oxygens (including phenoxy) is 1. The second kappa shape index (κ2) is 7.19. The molecule has 0 N–H and O–H groups in total. The van der Waals surface area contributed by atoms with Crippen molar-refractivity contribution >= 4 is 17.1 Å². The van der Waals surface area contributed by atoms with E-state index in [4.69, 9.17) is 10.3 Å². The number of halogens is 2. The molecule has 0 saturated carbocycles. The Labute approximate surface area is 148 Å². The molecule has 1 heterocycles. The lowest BCUT2D eigenvalue weighted by Gasteiger charge is -2.23. The van der Waals surface area contributed by atoms with Crippen molar-refractivity contribution in [2.75, 3.05) is 13.2 Å². The number of azide groups is 1. The molecule has 136 valence electrons. The van der Waals surface area contributed by atoms with Crippen LogP contribution in [0.25, 0.3) is 10.4 Å². The maximum absolute atomic E-state index is 14.0. The third-order valence-electron chi connectivity index (χ3n) is 3.76. The van der Waals surface area contributed by atoms with Crippen molar-refractivity contribution in [1.82, 2.24) is 0 Å². The highest BCUT2D eigenvalue weighted by atomic mass is 32.2. The zero-order valence-corrected chi connectivity index (χ0v) is 15.4. The van der Waals surface area contributed by atoms with Crippen molar-refractivity contribution in [2.45, 2.75) is 44.5 Å². The summed E-state index contributed by atoms with van der Waals surface area (Å²) in [6.07, 6.45) is 0.0816. The zero-order valence-electron chi connectivity index (χ0n) is 14.5. The monoisotopic (exact) mass is 370 g/mol. The van der Waals surface area contributed by atoms with Gasteiger partial charge in [-0.25, -0.2) is 8.78 Å². The topological polar surface area (TPSA) is 93.4 Å². The molecule has 1 aliphatic heterocycles. The SMILES string of the molecule is CC(=N[S+]([O-])C(C)(C)C)c1cc(F)cc2c1O[C@@](CF)(CN=[N+]=[N-])C2. The molecule has 0 aliphatic carbocycles. The van der Waals surface area contributed by atoms with E-state index in [1.807, 2.05) is 0 Å². The molecule has 1 aromatic rings. The van der Waals surface area contributed by atoms with Crippen LogP contribution in [0.4, 0.5) is 8.78 Å². The molecule has 0 radical (unpaired) electrons. The molecule has 0 spiro atoms. The van der Waals surface area contributed by atoms with Gasteiger partial charge in [0.05, 0.1) is 12.3 Å². The first-order valence-corrected chi connectivity index (χ1v) is 8.78. The average molecular weight is 370 g/mol. The highest BCUT2D eigenvalue weighted by Gasteiger charge is 2.41. The minimum atomic E-state index is -1.53. The molecule has 1 unspecified atom stereocenters. The van der Waals surface area contributed by atoms with Gasteiger partial charge >= 0.3 is 0 Å². The largest absolute Gasteiger partial charge is 0.591 e. The van der Waals surface area contributed by atoms with E-state index in [0.717, 1.165) is 0 Å². The van der Waals surface area contributed by atoms with Gasteiger partial charge in [0, 0.05) is 22.5 Å². The number of nitrogens with zero attached hydrogens (tertiary/aromatic N) is 4. The van der Waals surface area contributed by atoms with E-state index in [9.17, 15) is 13.3 Å². The van der Waals surface area contributed by atoms with Crippen LogP contribution in [-0.4, -0.2) is 33.8 Å². The lowest BCUT2D eigenvalue weighted by atomic mass is 9.97. The van der Waals surface area contributed by atoms with Gasteiger partial charge < -0.3 is 9.29 Å². The molecule has 2 rings (SSSR count). The second-order valence-electron chi connectivity index (χ2n) is 6.96. The third kappa shape index (κ3) is 4.23. The van der Waals surface area contributed by atoms with E-state index >= 15 is 0 Å². The van der Waals surface area contributed by atoms with Gasteiger partial charge in [0.2, 0.25) is 0 Å². The molecule has 6 nitrogen and oxygen atoms in total. The van der Waals surface area contributed by atoms with Gasteiger partial charge in [-0.2, -0.15) is 0 Å². The molecule has 1 aliphatic rings. The lowest BCUT2D eigenvalue weighted by molar-refractivity contribution is 0.0729. The number of fused-ring (bicyclic) bond motifs is 1. The van der Waals surface area contributed by atoms with Crippen molar-refractivity contribution in [2.24, 2.45) is 9.51 Å². The molecule has 0 saturated heterocycles. The Morgan fingerprint density at radius 2 is 2.16 bits per heavy atom. The van der Waals surface area contributed by atoms with Crippen LogP contribution in [0, 0.1) is 5.82 Å². The number of rotatable bonds is 5. The zero-order chi connectivity index (χ0) is 18.8. The van der Waals surface area contributed by atoms with Gasteiger partial charge in [0.25, 0.3) is 0 Å². The molecule has 25 heavy (non-hydrogen) atoms. The first kappa shape index (κ1) is 19.5. The molecule has 9 heteroatoms. The Kier molecular flexibility index (Phi) is 5.61. The summed E-state index contributed by atoms with van der Waals surface area (Å²) in [7, 11) is 0. The summed E-state index contributed by atoms with van der Waals surface area (Å²) in [5.74, 6) is -0.230. The van der Waals surface area contributed by atoms with Gasteiger partial charge in [0.15, 0.2) is 0 Å². The molecule has 0 fully saturated rings. The van der Waals surface area contributed by atoms with Crippen LogP contribution in [-0.2, 0) is 17.8 Å². The summed E-state index contributed by atoms with van der Waals surface area (Å²) in [4.78, 5) is 2.64. The molecular formula is C16H20F2N4O2S. The summed E-state index contributed by atoms with van der Waals surface area (Å²) >= 11 is -1.53. The van der Waals surface area contributed by atoms with E-state index in [0.29, 0.717) is 22.6 Å². The normalized spacial score (nSPS) is 21.3. The van der Waals surface area contributed by atoms with E-state index in [1.165, 1.54) is 12.1 Å². The lowest BCUT2D eigenvalue weighted by Crippen LogP contribution is -2.40. The van der Waals surface area contributed by atoms with E-state index < -0.39 is 34.2 Å². The van der Waals surface area contributed by atoms with E-state index in [-0.39, 0.29) is 13.0 Å². The van der Waals surface area contributed by atoms with E-state index in [2.05, 4.69) is 14.4 Å². The summed E-state index contributed by atoms with van der Waals surface area (Å²) in [6.45, 7) is 5.85. The molecular weight excluding hydrogens is 350 g/mol. The fraction of sp³-hybridized carbons (Fsp3) is 0.562. The van der Waals surface area contributed by atoms with Crippen LogP contribution in [0.1, 0.15) is 38.8 Å². The van der Waals surface area contributed by atoms with Crippen LogP contribution < -0.4 is 4.74 Å². The van der Waals surface area contributed by atoms with Gasteiger partial charge in [-0.3, -0.25) is 0 Å². The fourth-order valence-corrected chi connectivity index (χ4v) is 3.07. The maximum atomic E-state index is 14.0. The van der Waals surface area contributed by atoms with Crippen molar-refractivity contribution in [3.63, 3.8) is 0 Å². The highest BCUT2D eigenvalue weighted by Crippen LogP contribution is 2.40. The summed E-state index contributed by atoms with van der Waals surface area (Å²) in [5, 5.41) is 3.40. The van der Waals surface area contributed by atoms with Crippen LogP contribution in [0.5, 0.6) is 5.75 Å². The molecule has 0 aromatic heterocycles.